The molecule has 1 aromatic carbocycles. The van der Waals surface area contributed by atoms with Gasteiger partial charge in [-0.3, -0.25) is 0 Å². The van der Waals surface area contributed by atoms with Crippen molar-refractivity contribution in [3.05, 3.63) is 35.9 Å². The van der Waals surface area contributed by atoms with Gasteiger partial charge in [0.15, 0.2) is 5.54 Å². The predicted octanol–water partition coefficient (Wildman–Crippen LogP) is -2.68. The summed E-state index contributed by atoms with van der Waals surface area (Å²) in [4.78, 5) is 10.8. The number of hydrogen-bond acceptors (Lipinski definition) is 1. The molecule has 1 atom stereocenters. The largest absolute Gasteiger partial charge is 1.00 e. The zero-order valence-corrected chi connectivity index (χ0v) is 8.79. The van der Waals surface area contributed by atoms with E-state index in [0.717, 1.165) is 5.56 Å². The summed E-state index contributed by atoms with van der Waals surface area (Å²) in [6, 6.07) is 9.52. The average molecular weight is 216 g/mol. The molecule has 0 amide bonds. The fourth-order valence-electron chi connectivity index (χ4n) is 1.12. The van der Waals surface area contributed by atoms with Crippen LogP contribution in [0.3, 0.4) is 0 Å². The summed E-state index contributed by atoms with van der Waals surface area (Å²) in [6.45, 7) is 1.63. The number of halogens is 1. The van der Waals surface area contributed by atoms with Crippen LogP contribution in [0, 0.1) is 0 Å². The van der Waals surface area contributed by atoms with Crippen LogP contribution in [0.25, 0.3) is 0 Å². The predicted molar refractivity (Wildman–Crippen MR) is 49.1 cm³/mol. The van der Waals surface area contributed by atoms with E-state index in [4.69, 9.17) is 5.11 Å². The number of carbonyl (C=O) groups is 1. The highest BCUT2D eigenvalue weighted by molar-refractivity contribution is 5.76. The van der Waals surface area contributed by atoms with E-state index < -0.39 is 11.5 Å². The normalized spacial score (nSPS) is 13.9. The summed E-state index contributed by atoms with van der Waals surface area (Å²) in [5, 5.41) is 8.84. The van der Waals surface area contributed by atoms with Gasteiger partial charge in [-0.2, -0.15) is 0 Å². The summed E-state index contributed by atoms with van der Waals surface area (Å²) in [5.74, 6) is -0.864. The Morgan fingerprint density at radius 1 is 1.43 bits per heavy atom. The minimum Gasteiger partial charge on any atom is -1.00 e. The van der Waals surface area contributed by atoms with Crippen molar-refractivity contribution >= 4 is 5.97 Å². The fourth-order valence-corrected chi connectivity index (χ4v) is 1.12. The highest BCUT2D eigenvalue weighted by Gasteiger charge is 2.32. The maximum atomic E-state index is 10.8. The van der Waals surface area contributed by atoms with Crippen LogP contribution in [-0.2, 0) is 11.2 Å². The fraction of sp³-hybridized carbons (Fsp3) is 0.300. The van der Waals surface area contributed by atoms with Gasteiger partial charge in [0.05, 0.1) is 0 Å². The minimum atomic E-state index is -0.929. The van der Waals surface area contributed by atoms with Crippen molar-refractivity contribution in [1.29, 1.82) is 0 Å². The first-order valence-electron chi connectivity index (χ1n) is 4.15. The van der Waals surface area contributed by atoms with E-state index in [1.807, 2.05) is 30.3 Å². The molecule has 3 nitrogen and oxygen atoms in total. The van der Waals surface area contributed by atoms with Crippen LogP contribution in [-0.4, -0.2) is 16.6 Å². The van der Waals surface area contributed by atoms with Crippen molar-refractivity contribution in [3.63, 3.8) is 0 Å². The molecule has 0 aliphatic heterocycles. The van der Waals surface area contributed by atoms with Crippen molar-refractivity contribution in [1.82, 2.24) is 0 Å². The topological polar surface area (TPSA) is 64.9 Å². The number of carboxylic acid groups (broad SMARTS) is 1. The van der Waals surface area contributed by atoms with E-state index >= 15 is 0 Å². The molecule has 1 aromatic rings. The molecule has 0 saturated heterocycles. The summed E-state index contributed by atoms with van der Waals surface area (Å²) >= 11 is 0. The molecule has 0 saturated carbocycles. The van der Waals surface area contributed by atoms with Crippen LogP contribution in [0.15, 0.2) is 30.3 Å². The lowest BCUT2D eigenvalue weighted by Crippen LogP contribution is -3.00. The molecule has 0 bridgehead atoms. The molecule has 14 heavy (non-hydrogen) atoms. The quantitative estimate of drug-likeness (QED) is 0.577. The molecule has 78 valence electrons. The summed E-state index contributed by atoms with van der Waals surface area (Å²) < 4.78 is 0. The van der Waals surface area contributed by atoms with Crippen LogP contribution >= 0.6 is 0 Å². The second-order valence-electron chi connectivity index (χ2n) is 3.53. The summed E-state index contributed by atoms with van der Waals surface area (Å²) in [5.41, 5.74) is 3.74. The standard InChI is InChI=1S/C10H13NO2.ClH/c1-10(11,9(12)13)7-8-5-3-2-4-6-8;/h2-6H,7,11H2,1H3,(H,12,13);1H/t10-;/m0./s1. The van der Waals surface area contributed by atoms with E-state index in [1.165, 1.54) is 0 Å². The van der Waals surface area contributed by atoms with Gasteiger partial charge in [0.2, 0.25) is 0 Å². The first kappa shape index (κ1) is 12.9. The number of benzene rings is 1. The summed E-state index contributed by atoms with van der Waals surface area (Å²) in [6.07, 6.45) is 0.461. The van der Waals surface area contributed by atoms with Crippen molar-refractivity contribution in [3.8, 4) is 0 Å². The molecule has 0 aliphatic rings. The molecule has 4 heteroatoms. The number of hydrogen-bond donors (Lipinski definition) is 2. The Kier molecular flexibility index (Phi) is 4.60. The highest BCUT2D eigenvalue weighted by Crippen LogP contribution is 2.08. The molecule has 4 N–H and O–H groups in total. The van der Waals surface area contributed by atoms with Crippen molar-refractivity contribution in [2.45, 2.75) is 18.9 Å². The second kappa shape index (κ2) is 4.98. The molecule has 1 rings (SSSR count). The van der Waals surface area contributed by atoms with Gasteiger partial charge in [-0.25, -0.2) is 4.79 Å². The van der Waals surface area contributed by atoms with Crippen LogP contribution in [0.2, 0.25) is 0 Å². The van der Waals surface area contributed by atoms with Gasteiger partial charge in [0.25, 0.3) is 0 Å². The van der Waals surface area contributed by atoms with Crippen molar-refractivity contribution < 1.29 is 28.0 Å². The maximum Gasteiger partial charge on any atom is 0.365 e. The lowest BCUT2D eigenvalue weighted by Gasteiger charge is -2.14. The Morgan fingerprint density at radius 2 is 1.93 bits per heavy atom. The van der Waals surface area contributed by atoms with Gasteiger partial charge in [0.1, 0.15) is 0 Å². The molecule has 0 heterocycles. The smallest absolute Gasteiger partial charge is 0.365 e. The van der Waals surface area contributed by atoms with E-state index in [2.05, 4.69) is 5.73 Å². The van der Waals surface area contributed by atoms with Gasteiger partial charge in [0, 0.05) is 13.3 Å². The SMILES string of the molecule is C[C@]([NH3+])(Cc1ccccc1)C(=O)O.[Cl-]. The zero-order chi connectivity index (χ0) is 9.90. The van der Waals surface area contributed by atoms with Gasteiger partial charge in [-0.15, -0.1) is 0 Å². The Morgan fingerprint density at radius 3 is 2.36 bits per heavy atom. The third-order valence-corrected chi connectivity index (χ3v) is 1.95. The highest BCUT2D eigenvalue weighted by atomic mass is 35.5. The second-order valence-corrected chi connectivity index (χ2v) is 3.53. The molecule has 0 spiro atoms. The van der Waals surface area contributed by atoms with Crippen LogP contribution in [0.1, 0.15) is 12.5 Å². The molecular weight excluding hydrogens is 202 g/mol. The molecular formula is C10H14ClNO2. The van der Waals surface area contributed by atoms with Crippen LogP contribution in [0.5, 0.6) is 0 Å². The Labute approximate surface area is 89.3 Å². The summed E-state index contributed by atoms with van der Waals surface area (Å²) in [7, 11) is 0. The lowest BCUT2D eigenvalue weighted by molar-refractivity contribution is -0.455. The molecule has 0 aliphatic carbocycles. The van der Waals surface area contributed by atoms with Crippen molar-refractivity contribution in [2.75, 3.05) is 0 Å². The number of aliphatic carboxylic acids is 1. The monoisotopic (exact) mass is 215 g/mol. The number of rotatable bonds is 3. The van der Waals surface area contributed by atoms with E-state index in [1.54, 1.807) is 6.92 Å². The Hall–Kier alpha value is -1.06. The van der Waals surface area contributed by atoms with Gasteiger partial charge >= 0.3 is 5.97 Å². The molecule has 0 radical (unpaired) electrons. The van der Waals surface area contributed by atoms with Crippen LogP contribution in [0.4, 0.5) is 0 Å². The van der Waals surface area contributed by atoms with Crippen molar-refractivity contribution in [2.24, 2.45) is 0 Å². The third kappa shape index (κ3) is 3.36. The van der Waals surface area contributed by atoms with Gasteiger partial charge < -0.3 is 23.2 Å². The van der Waals surface area contributed by atoms with E-state index in [9.17, 15) is 4.79 Å². The zero-order valence-electron chi connectivity index (χ0n) is 8.03. The van der Waals surface area contributed by atoms with Crippen LogP contribution < -0.4 is 18.1 Å². The molecule has 0 unspecified atom stereocenters. The lowest BCUT2D eigenvalue weighted by atomic mass is 9.94. The first-order valence-corrected chi connectivity index (χ1v) is 4.15. The molecule has 0 fully saturated rings. The Balaban J connectivity index is 0.00000169. The number of quaternary nitrogens is 1. The molecule has 0 aromatic heterocycles. The van der Waals surface area contributed by atoms with E-state index in [-0.39, 0.29) is 12.4 Å². The minimum absolute atomic E-state index is 0. The third-order valence-electron chi connectivity index (χ3n) is 1.95. The number of carboxylic acids is 1. The Bertz CT molecular complexity index is 298. The van der Waals surface area contributed by atoms with E-state index in [0.29, 0.717) is 6.42 Å². The maximum absolute atomic E-state index is 10.8. The van der Waals surface area contributed by atoms with Gasteiger partial charge in [-0.05, 0) is 5.56 Å². The average Bonchev–Trinajstić information content (AvgIpc) is 2.05. The first-order chi connectivity index (χ1) is 6.02. The van der Waals surface area contributed by atoms with Gasteiger partial charge in [-0.1, -0.05) is 30.3 Å².